The average molecular weight is 209 g/mol. The second kappa shape index (κ2) is 3.80. The Morgan fingerprint density at radius 3 is 2.67 bits per heavy atom. The fourth-order valence-corrected chi connectivity index (χ4v) is 3.58. The highest BCUT2D eigenvalue weighted by molar-refractivity contribution is 5.75. The van der Waals surface area contributed by atoms with Crippen molar-refractivity contribution in [3.63, 3.8) is 0 Å². The van der Waals surface area contributed by atoms with Gasteiger partial charge < -0.3 is 5.32 Å². The number of hydrogen-bond acceptors (Lipinski definition) is 1. The Bertz CT molecular complexity index is 257. The van der Waals surface area contributed by atoms with Crippen LogP contribution in [0.1, 0.15) is 46.5 Å². The number of rotatable bonds is 3. The van der Waals surface area contributed by atoms with Gasteiger partial charge in [0.1, 0.15) is 0 Å². The van der Waals surface area contributed by atoms with Gasteiger partial charge >= 0.3 is 0 Å². The first-order chi connectivity index (χ1) is 7.05. The lowest BCUT2D eigenvalue weighted by molar-refractivity contribution is -0.124. The Labute approximate surface area is 92.8 Å². The van der Waals surface area contributed by atoms with Gasteiger partial charge in [-0.25, -0.2) is 0 Å². The average Bonchev–Trinajstić information content (AvgIpc) is 2.25. The van der Waals surface area contributed by atoms with Crippen molar-refractivity contribution in [3.05, 3.63) is 0 Å². The Balaban J connectivity index is 1.86. The van der Waals surface area contributed by atoms with Gasteiger partial charge in [0, 0.05) is 13.0 Å². The van der Waals surface area contributed by atoms with E-state index in [2.05, 4.69) is 19.2 Å². The van der Waals surface area contributed by atoms with Crippen molar-refractivity contribution in [2.75, 3.05) is 6.54 Å². The van der Waals surface area contributed by atoms with Crippen molar-refractivity contribution in [1.29, 1.82) is 0 Å². The lowest BCUT2D eigenvalue weighted by Crippen LogP contribution is -2.54. The molecule has 3 aliphatic rings. The van der Waals surface area contributed by atoms with Crippen LogP contribution in [-0.2, 0) is 4.79 Å². The molecule has 3 rings (SSSR count). The summed E-state index contributed by atoms with van der Waals surface area (Å²) in [4.78, 5) is 11.2. The van der Waals surface area contributed by atoms with Gasteiger partial charge in [0.2, 0.25) is 5.91 Å². The van der Waals surface area contributed by atoms with Crippen molar-refractivity contribution in [3.8, 4) is 0 Å². The summed E-state index contributed by atoms with van der Waals surface area (Å²) in [6.45, 7) is 7.63. The summed E-state index contributed by atoms with van der Waals surface area (Å²) in [5.41, 5.74) is 0.542. The van der Waals surface area contributed by atoms with Gasteiger partial charge in [0.25, 0.3) is 0 Å². The molecule has 0 heterocycles. The molecule has 2 heteroatoms. The third kappa shape index (κ3) is 1.79. The van der Waals surface area contributed by atoms with E-state index in [0.717, 1.165) is 24.3 Å². The minimum Gasteiger partial charge on any atom is -0.356 e. The number of hydrogen-bond donors (Lipinski definition) is 1. The van der Waals surface area contributed by atoms with E-state index in [1.165, 1.54) is 19.3 Å². The maximum Gasteiger partial charge on any atom is 0.219 e. The molecule has 0 aromatic heterocycles. The molecule has 0 radical (unpaired) electrons. The van der Waals surface area contributed by atoms with Gasteiger partial charge in [-0.3, -0.25) is 4.79 Å². The first-order valence-electron chi connectivity index (χ1n) is 6.32. The van der Waals surface area contributed by atoms with E-state index in [1.807, 2.05) is 6.92 Å². The Morgan fingerprint density at radius 1 is 1.40 bits per heavy atom. The molecule has 3 atom stereocenters. The summed E-state index contributed by atoms with van der Waals surface area (Å²) in [5.74, 6) is 2.75. The minimum absolute atomic E-state index is 0.203. The van der Waals surface area contributed by atoms with Crippen molar-refractivity contribution in [1.82, 2.24) is 5.32 Å². The lowest BCUT2D eigenvalue weighted by atomic mass is 9.45. The first-order valence-corrected chi connectivity index (χ1v) is 6.32. The van der Waals surface area contributed by atoms with E-state index in [-0.39, 0.29) is 5.91 Å². The van der Waals surface area contributed by atoms with Crippen LogP contribution in [0.15, 0.2) is 0 Å². The molecule has 3 aliphatic carbocycles. The molecule has 0 unspecified atom stereocenters. The molecular formula is C13H23NO. The van der Waals surface area contributed by atoms with Gasteiger partial charge in [-0.05, 0) is 42.4 Å². The van der Waals surface area contributed by atoms with Gasteiger partial charge in [0.15, 0.2) is 0 Å². The Hall–Kier alpha value is -0.530. The molecule has 0 aromatic rings. The summed E-state index contributed by atoms with van der Waals surface area (Å²) in [7, 11) is 0. The van der Waals surface area contributed by atoms with Crippen molar-refractivity contribution >= 4 is 5.91 Å². The third-order valence-electron chi connectivity index (χ3n) is 4.88. The van der Waals surface area contributed by atoms with Gasteiger partial charge in [-0.1, -0.05) is 20.8 Å². The molecule has 0 saturated heterocycles. The molecule has 1 N–H and O–H groups in total. The quantitative estimate of drug-likeness (QED) is 0.760. The van der Waals surface area contributed by atoms with Crippen LogP contribution in [-0.4, -0.2) is 12.5 Å². The Kier molecular flexibility index (Phi) is 2.78. The summed E-state index contributed by atoms with van der Waals surface area (Å²) >= 11 is 0. The number of fused-ring (bicyclic) bond motifs is 2. The van der Waals surface area contributed by atoms with Crippen LogP contribution in [0, 0.1) is 23.2 Å². The molecule has 3 saturated carbocycles. The molecule has 0 aromatic carbocycles. The van der Waals surface area contributed by atoms with Crippen LogP contribution in [0.3, 0.4) is 0 Å². The van der Waals surface area contributed by atoms with Crippen LogP contribution >= 0.6 is 0 Å². The summed E-state index contributed by atoms with van der Waals surface area (Å²) < 4.78 is 0. The van der Waals surface area contributed by atoms with E-state index in [9.17, 15) is 4.79 Å². The van der Waals surface area contributed by atoms with Crippen LogP contribution < -0.4 is 5.32 Å². The number of carbonyl (C=O) groups is 1. The topological polar surface area (TPSA) is 29.1 Å². The third-order valence-corrected chi connectivity index (χ3v) is 4.88. The summed E-state index contributed by atoms with van der Waals surface area (Å²) in [6, 6.07) is 0. The van der Waals surface area contributed by atoms with Gasteiger partial charge in [-0.2, -0.15) is 0 Å². The minimum atomic E-state index is 0.203. The van der Waals surface area contributed by atoms with Crippen LogP contribution in [0.5, 0.6) is 0 Å². The first kappa shape index (κ1) is 11.0. The smallest absolute Gasteiger partial charge is 0.219 e. The highest BCUT2D eigenvalue weighted by Gasteiger charge is 2.53. The van der Waals surface area contributed by atoms with E-state index in [1.54, 1.807) is 0 Å². The molecule has 1 amide bonds. The fourth-order valence-electron chi connectivity index (χ4n) is 3.58. The molecule has 0 spiro atoms. The van der Waals surface area contributed by atoms with Gasteiger partial charge in [0.05, 0.1) is 0 Å². The van der Waals surface area contributed by atoms with E-state index in [0.29, 0.717) is 11.8 Å². The Morgan fingerprint density at radius 2 is 2.13 bits per heavy atom. The molecule has 86 valence electrons. The van der Waals surface area contributed by atoms with Crippen molar-refractivity contribution < 1.29 is 4.79 Å². The normalized spacial score (nSPS) is 36.9. The largest absolute Gasteiger partial charge is 0.356 e. The predicted octanol–water partition coefficient (Wildman–Crippen LogP) is 2.58. The molecule has 2 bridgehead atoms. The maximum atomic E-state index is 11.2. The van der Waals surface area contributed by atoms with Crippen molar-refractivity contribution in [2.24, 2.45) is 23.2 Å². The summed E-state index contributed by atoms with van der Waals surface area (Å²) in [6.07, 6.45) is 4.71. The standard InChI is InChI=1S/C13H23NO/c1-4-12(15)14-8-9-5-6-10-7-11(9)13(10,2)3/h9-11H,4-8H2,1-3H3,(H,14,15)/t9-,10-,11-/m0/s1. The molecule has 15 heavy (non-hydrogen) atoms. The summed E-state index contributed by atoms with van der Waals surface area (Å²) in [5, 5.41) is 3.06. The van der Waals surface area contributed by atoms with Crippen LogP contribution in [0.2, 0.25) is 0 Å². The van der Waals surface area contributed by atoms with E-state index < -0.39 is 0 Å². The second-order valence-electron chi connectivity index (χ2n) is 5.86. The monoisotopic (exact) mass is 209 g/mol. The van der Waals surface area contributed by atoms with Gasteiger partial charge in [-0.15, -0.1) is 0 Å². The zero-order chi connectivity index (χ0) is 11.1. The lowest BCUT2D eigenvalue weighted by Gasteiger charge is -2.60. The number of nitrogens with one attached hydrogen (secondary N) is 1. The number of carbonyl (C=O) groups excluding carboxylic acids is 1. The van der Waals surface area contributed by atoms with Crippen LogP contribution in [0.4, 0.5) is 0 Å². The van der Waals surface area contributed by atoms with E-state index in [4.69, 9.17) is 0 Å². The SMILES string of the molecule is CCC(=O)NC[C@@H]1CC[C@H]2C[C@@H]1C2(C)C. The van der Waals surface area contributed by atoms with Crippen LogP contribution in [0.25, 0.3) is 0 Å². The maximum absolute atomic E-state index is 11.2. The zero-order valence-corrected chi connectivity index (χ0v) is 10.2. The fraction of sp³-hybridized carbons (Fsp3) is 0.923. The number of amides is 1. The molecule has 2 nitrogen and oxygen atoms in total. The highest BCUT2D eigenvalue weighted by Crippen LogP contribution is 2.61. The molecule has 3 fully saturated rings. The van der Waals surface area contributed by atoms with E-state index >= 15 is 0 Å². The zero-order valence-electron chi connectivity index (χ0n) is 10.2. The van der Waals surface area contributed by atoms with Crippen molar-refractivity contribution in [2.45, 2.75) is 46.5 Å². The second-order valence-corrected chi connectivity index (χ2v) is 5.86. The predicted molar refractivity (Wildman–Crippen MR) is 61.4 cm³/mol. The highest BCUT2D eigenvalue weighted by atomic mass is 16.1. The molecular weight excluding hydrogens is 186 g/mol. The molecule has 0 aliphatic heterocycles.